The average molecular weight is 506 g/mol. The number of aryl methyl sites for hydroxylation is 1. The van der Waals surface area contributed by atoms with Crippen LogP contribution in [0.3, 0.4) is 0 Å². The summed E-state index contributed by atoms with van der Waals surface area (Å²) in [6.07, 6.45) is -0.959. The maximum Gasteiger partial charge on any atom is 0.327 e. The van der Waals surface area contributed by atoms with Gasteiger partial charge in [-0.2, -0.15) is 0 Å². The minimum atomic E-state index is -3.29. The van der Waals surface area contributed by atoms with Gasteiger partial charge in [-0.1, -0.05) is 37.3 Å². The second-order valence-electron chi connectivity index (χ2n) is 8.92. The summed E-state index contributed by atoms with van der Waals surface area (Å²) in [5, 5.41) is 11.4. The van der Waals surface area contributed by atoms with E-state index < -0.39 is 31.4 Å². The van der Waals surface area contributed by atoms with Gasteiger partial charge in [0.25, 0.3) is 0 Å². The van der Waals surface area contributed by atoms with Crippen molar-refractivity contribution in [1.29, 1.82) is 0 Å². The Morgan fingerprint density at radius 2 is 2.00 bits per heavy atom. The van der Waals surface area contributed by atoms with Gasteiger partial charge >= 0.3 is 7.60 Å². The lowest BCUT2D eigenvalue weighted by molar-refractivity contribution is -0.0736. The lowest BCUT2D eigenvalue weighted by Gasteiger charge is -2.33. The number of rotatable bonds is 10. The fourth-order valence-corrected chi connectivity index (χ4v) is 5.26. The van der Waals surface area contributed by atoms with Crippen LogP contribution in [0, 0.1) is 12.3 Å². The summed E-state index contributed by atoms with van der Waals surface area (Å²) in [7, 11) is -3.29. The number of hydrogen-bond acceptors (Lipinski definition) is 10. The average Bonchev–Trinajstić information content (AvgIpc) is 3.32. The van der Waals surface area contributed by atoms with E-state index >= 15 is 0 Å². The van der Waals surface area contributed by atoms with Gasteiger partial charge in [0.2, 0.25) is 0 Å². The highest BCUT2D eigenvalue weighted by Gasteiger charge is 2.55. The molecule has 3 aromatic rings. The van der Waals surface area contributed by atoms with Gasteiger partial charge in [0.05, 0.1) is 44.3 Å². The topological polar surface area (TPSA) is 144 Å². The summed E-state index contributed by atoms with van der Waals surface area (Å²) in [5.41, 5.74) is 7.06. The van der Waals surface area contributed by atoms with Crippen LogP contribution in [0.4, 0.5) is 5.82 Å². The molecule has 3 N–H and O–H groups in total. The highest BCUT2D eigenvalue weighted by Crippen LogP contribution is 2.49. The molecule has 2 aromatic heterocycles. The van der Waals surface area contributed by atoms with Crippen LogP contribution < -0.4 is 5.73 Å². The third kappa shape index (κ3) is 5.40. The number of nitrogens with two attached hydrogens (primary N) is 1. The highest BCUT2D eigenvalue weighted by molar-refractivity contribution is 7.52. The molecule has 1 fully saturated rings. The zero-order chi connectivity index (χ0) is 25.2. The largest absolute Gasteiger partial charge is 0.389 e. The van der Waals surface area contributed by atoms with Crippen LogP contribution in [0.5, 0.6) is 0 Å². The number of anilines is 1. The van der Waals surface area contributed by atoms with E-state index in [-0.39, 0.29) is 25.6 Å². The van der Waals surface area contributed by atoms with Crippen molar-refractivity contribution < 1.29 is 28.2 Å². The standard InChI is InChI=1S/C23H32N5O6P/c1-5-32-35(4,30)33-12-17-19(29)23(3,13-31-11-16-9-7-6-8-10-16)22(34-17)28-14-25-18-20(24)26-15(2)27-21(18)28/h6-10,14,17,19,22,29H,5,11-13H2,1-4H3,(H2,24,26,27)/t17-,19?,22-,23+,35?/m1/s1. The molecule has 1 saturated heterocycles. The zero-order valence-electron chi connectivity index (χ0n) is 20.3. The number of imidazole rings is 1. The number of aliphatic hydroxyl groups excluding tert-OH is 1. The first-order chi connectivity index (χ1) is 16.6. The zero-order valence-corrected chi connectivity index (χ0v) is 21.2. The predicted molar refractivity (Wildman–Crippen MR) is 130 cm³/mol. The van der Waals surface area contributed by atoms with E-state index in [4.69, 9.17) is 24.3 Å². The van der Waals surface area contributed by atoms with Crippen LogP contribution in [0.15, 0.2) is 36.7 Å². The van der Waals surface area contributed by atoms with Crippen LogP contribution in [0.2, 0.25) is 0 Å². The second kappa shape index (κ2) is 10.3. The van der Waals surface area contributed by atoms with Crippen molar-refractivity contribution >= 4 is 24.6 Å². The lowest BCUT2D eigenvalue weighted by Crippen LogP contribution is -2.42. The molecule has 1 aromatic carbocycles. The third-order valence-electron chi connectivity index (χ3n) is 6.07. The maximum absolute atomic E-state index is 12.5. The Hall–Kier alpha value is -2.40. The van der Waals surface area contributed by atoms with Crippen LogP contribution >= 0.6 is 7.60 Å². The summed E-state index contributed by atoms with van der Waals surface area (Å²) in [4.78, 5) is 13.1. The summed E-state index contributed by atoms with van der Waals surface area (Å²) < 4.78 is 37.3. The van der Waals surface area contributed by atoms with Crippen LogP contribution in [-0.4, -0.2) is 63.3 Å². The number of aromatic nitrogens is 4. The summed E-state index contributed by atoms with van der Waals surface area (Å²) in [6, 6.07) is 9.76. The van der Waals surface area contributed by atoms with Gasteiger partial charge in [0, 0.05) is 6.66 Å². The summed E-state index contributed by atoms with van der Waals surface area (Å²) in [5.74, 6) is 0.746. The van der Waals surface area contributed by atoms with Gasteiger partial charge in [0.1, 0.15) is 23.7 Å². The molecule has 2 unspecified atom stereocenters. The Bertz CT molecular complexity index is 1210. The van der Waals surface area contributed by atoms with Crippen molar-refractivity contribution in [3.8, 4) is 0 Å². The normalized spacial score (nSPS) is 26.3. The van der Waals surface area contributed by atoms with Gasteiger partial charge in [-0.05, 0) is 19.4 Å². The van der Waals surface area contributed by atoms with Crippen molar-refractivity contribution in [2.24, 2.45) is 5.41 Å². The number of ether oxygens (including phenoxy) is 2. The van der Waals surface area contributed by atoms with Gasteiger partial charge in [-0.25, -0.2) is 15.0 Å². The molecular weight excluding hydrogens is 473 g/mol. The molecular formula is C23H32N5O6P. The molecule has 4 rings (SSSR count). The van der Waals surface area contributed by atoms with E-state index in [1.54, 1.807) is 24.7 Å². The van der Waals surface area contributed by atoms with Gasteiger partial charge < -0.3 is 29.4 Å². The van der Waals surface area contributed by atoms with Crippen molar-refractivity contribution in [2.45, 2.75) is 45.8 Å². The fourth-order valence-electron chi connectivity index (χ4n) is 4.30. The van der Waals surface area contributed by atoms with E-state index in [1.165, 1.54) is 6.66 Å². The van der Waals surface area contributed by atoms with Crippen molar-refractivity contribution in [3.05, 3.63) is 48.0 Å². The molecule has 11 nitrogen and oxygen atoms in total. The second-order valence-corrected chi connectivity index (χ2v) is 11.0. The van der Waals surface area contributed by atoms with E-state index in [0.717, 1.165) is 5.56 Å². The Morgan fingerprint density at radius 3 is 2.71 bits per heavy atom. The molecule has 12 heteroatoms. The summed E-state index contributed by atoms with van der Waals surface area (Å²) >= 11 is 0. The number of aliphatic hydroxyl groups is 1. The monoisotopic (exact) mass is 505 g/mol. The van der Waals surface area contributed by atoms with E-state index in [0.29, 0.717) is 23.6 Å². The number of benzene rings is 1. The van der Waals surface area contributed by atoms with Gasteiger partial charge in [-0.3, -0.25) is 9.13 Å². The maximum atomic E-state index is 12.5. The Labute approximate surface area is 204 Å². The molecule has 3 heterocycles. The summed E-state index contributed by atoms with van der Waals surface area (Å²) in [6.45, 7) is 7.39. The first kappa shape index (κ1) is 25.7. The Morgan fingerprint density at radius 1 is 1.26 bits per heavy atom. The van der Waals surface area contributed by atoms with Crippen molar-refractivity contribution in [2.75, 3.05) is 32.2 Å². The minimum absolute atomic E-state index is 0.123. The van der Waals surface area contributed by atoms with E-state index in [2.05, 4.69) is 15.0 Å². The van der Waals surface area contributed by atoms with Crippen molar-refractivity contribution in [3.63, 3.8) is 0 Å². The quantitative estimate of drug-likeness (QED) is 0.394. The van der Waals surface area contributed by atoms with Crippen molar-refractivity contribution in [1.82, 2.24) is 19.5 Å². The highest BCUT2D eigenvalue weighted by atomic mass is 31.2. The number of hydrogen-bond donors (Lipinski definition) is 2. The fraction of sp³-hybridized carbons (Fsp3) is 0.522. The van der Waals surface area contributed by atoms with Gasteiger partial charge in [0.15, 0.2) is 11.5 Å². The first-order valence-corrected chi connectivity index (χ1v) is 13.4. The predicted octanol–water partition coefficient (Wildman–Crippen LogP) is 3.07. The molecule has 1 aliphatic rings. The smallest absolute Gasteiger partial charge is 0.327 e. The van der Waals surface area contributed by atoms with Crippen LogP contribution in [0.25, 0.3) is 11.2 Å². The Kier molecular flexibility index (Phi) is 7.56. The lowest BCUT2D eigenvalue weighted by atomic mass is 9.83. The molecule has 0 aliphatic carbocycles. The molecule has 0 spiro atoms. The molecule has 0 bridgehead atoms. The SMILES string of the molecule is CCOP(C)(=O)OC[C@H]1O[C@@H](n2cnc3c(N)nc(C)nc32)[C@@](C)(COCc2ccccc2)C1O. The van der Waals surface area contributed by atoms with E-state index in [9.17, 15) is 9.67 Å². The molecule has 5 atom stereocenters. The van der Waals surface area contributed by atoms with E-state index in [1.807, 2.05) is 37.3 Å². The number of fused-ring (bicyclic) bond motifs is 1. The molecule has 35 heavy (non-hydrogen) atoms. The third-order valence-corrected chi connectivity index (χ3v) is 7.42. The minimum Gasteiger partial charge on any atom is -0.389 e. The Balaban J connectivity index is 1.62. The molecule has 0 amide bonds. The number of nitrogen functional groups attached to an aromatic ring is 1. The molecule has 190 valence electrons. The molecule has 0 saturated carbocycles. The van der Waals surface area contributed by atoms with Crippen LogP contribution in [0.1, 0.15) is 31.5 Å². The molecule has 1 aliphatic heterocycles. The number of nitrogens with zero attached hydrogens (tertiary/aromatic N) is 4. The van der Waals surface area contributed by atoms with Crippen LogP contribution in [-0.2, 0) is 29.7 Å². The first-order valence-electron chi connectivity index (χ1n) is 11.4. The molecule has 0 radical (unpaired) electrons. The van der Waals surface area contributed by atoms with Gasteiger partial charge in [-0.15, -0.1) is 0 Å².